The first-order valence-corrected chi connectivity index (χ1v) is 10.8. The summed E-state index contributed by atoms with van der Waals surface area (Å²) >= 11 is 0. The molecule has 4 N–H and O–H groups in total. The summed E-state index contributed by atoms with van der Waals surface area (Å²) in [6.45, 7) is 2.01. The molecule has 7 nitrogen and oxygen atoms in total. The molecule has 3 rings (SSSR count). The van der Waals surface area contributed by atoms with Crippen LogP contribution in [0.5, 0.6) is 0 Å². The van der Waals surface area contributed by atoms with Crippen LogP contribution >= 0.6 is 0 Å². The van der Waals surface area contributed by atoms with Crippen LogP contribution in [0.25, 0.3) is 12.2 Å². The van der Waals surface area contributed by atoms with Crippen LogP contribution < -0.4 is 16.4 Å². The van der Waals surface area contributed by atoms with E-state index in [2.05, 4.69) is 15.6 Å². The molecular formula is C27H30N4O3. The number of carbonyl (C=O) groups is 3. The van der Waals surface area contributed by atoms with Gasteiger partial charge in [-0.2, -0.15) is 0 Å². The van der Waals surface area contributed by atoms with Gasteiger partial charge in [0.1, 0.15) is 6.04 Å². The maximum atomic E-state index is 13.0. The summed E-state index contributed by atoms with van der Waals surface area (Å²) in [7, 11) is 3.75. The van der Waals surface area contributed by atoms with Gasteiger partial charge in [-0.25, -0.2) is 0 Å². The molecule has 0 aliphatic carbocycles. The van der Waals surface area contributed by atoms with Gasteiger partial charge in [0, 0.05) is 12.6 Å². The van der Waals surface area contributed by atoms with Crippen molar-refractivity contribution in [2.24, 2.45) is 5.73 Å². The fourth-order valence-electron chi connectivity index (χ4n) is 3.06. The SMILES string of the molecule is CNC.Cc1ccc(C=Cc2ncccc2C(=O)NC(Cc2ccccc2)C(=O)C(N)=O)cc1. The number of hydrogen-bond acceptors (Lipinski definition) is 5. The van der Waals surface area contributed by atoms with Crippen LogP contribution in [0.4, 0.5) is 0 Å². The number of rotatable bonds is 8. The Morgan fingerprint density at radius 3 is 2.21 bits per heavy atom. The van der Waals surface area contributed by atoms with Crippen LogP contribution in [0.3, 0.4) is 0 Å². The molecule has 0 spiro atoms. The Labute approximate surface area is 200 Å². The van der Waals surface area contributed by atoms with Gasteiger partial charge in [0.25, 0.3) is 11.8 Å². The Morgan fingerprint density at radius 1 is 0.941 bits per heavy atom. The summed E-state index contributed by atoms with van der Waals surface area (Å²) < 4.78 is 0. The van der Waals surface area contributed by atoms with Crippen molar-refractivity contribution >= 4 is 29.7 Å². The van der Waals surface area contributed by atoms with Crippen molar-refractivity contribution in [1.29, 1.82) is 0 Å². The summed E-state index contributed by atoms with van der Waals surface area (Å²) in [4.78, 5) is 41.1. The molecule has 0 saturated carbocycles. The lowest BCUT2D eigenvalue weighted by Crippen LogP contribution is -2.47. The monoisotopic (exact) mass is 458 g/mol. The summed E-state index contributed by atoms with van der Waals surface area (Å²) in [6.07, 6.45) is 5.33. The molecule has 1 aromatic heterocycles. The number of aromatic nitrogens is 1. The lowest BCUT2D eigenvalue weighted by Gasteiger charge is -2.17. The maximum Gasteiger partial charge on any atom is 0.287 e. The van der Waals surface area contributed by atoms with Crippen molar-refractivity contribution in [2.45, 2.75) is 19.4 Å². The number of carbonyl (C=O) groups excluding carboxylic acids is 3. The second kappa shape index (κ2) is 13.4. The number of nitrogens with two attached hydrogens (primary N) is 1. The van der Waals surface area contributed by atoms with Gasteiger partial charge in [-0.1, -0.05) is 66.2 Å². The molecule has 1 heterocycles. The van der Waals surface area contributed by atoms with Crippen LogP contribution in [0, 0.1) is 6.92 Å². The van der Waals surface area contributed by atoms with Crippen LogP contribution in [0.2, 0.25) is 0 Å². The zero-order valence-electron chi connectivity index (χ0n) is 19.6. The number of benzene rings is 2. The van der Waals surface area contributed by atoms with Crippen LogP contribution in [-0.4, -0.2) is 42.7 Å². The predicted molar refractivity (Wildman–Crippen MR) is 135 cm³/mol. The molecule has 176 valence electrons. The molecule has 0 bridgehead atoms. The second-order valence-corrected chi connectivity index (χ2v) is 7.62. The second-order valence-electron chi connectivity index (χ2n) is 7.62. The van der Waals surface area contributed by atoms with Crippen molar-refractivity contribution in [1.82, 2.24) is 15.6 Å². The number of aryl methyl sites for hydroxylation is 1. The summed E-state index contributed by atoms with van der Waals surface area (Å²) in [5, 5.41) is 5.40. The van der Waals surface area contributed by atoms with Gasteiger partial charge >= 0.3 is 0 Å². The fraction of sp³-hybridized carbons (Fsp3) is 0.185. The largest absolute Gasteiger partial charge is 0.363 e. The number of hydrogen-bond donors (Lipinski definition) is 3. The highest BCUT2D eigenvalue weighted by atomic mass is 16.2. The minimum atomic E-state index is -1.09. The molecule has 3 aromatic rings. The number of nitrogens with zero attached hydrogens (tertiary/aromatic N) is 1. The smallest absolute Gasteiger partial charge is 0.287 e. The fourth-order valence-corrected chi connectivity index (χ4v) is 3.06. The van der Waals surface area contributed by atoms with Crippen molar-refractivity contribution < 1.29 is 14.4 Å². The molecule has 1 unspecified atom stereocenters. The average molecular weight is 459 g/mol. The lowest BCUT2D eigenvalue weighted by molar-refractivity contribution is -0.137. The first-order chi connectivity index (χ1) is 16.3. The highest BCUT2D eigenvalue weighted by Crippen LogP contribution is 2.13. The Kier molecular flexibility index (Phi) is 10.3. The normalized spacial score (nSPS) is 11.3. The molecule has 34 heavy (non-hydrogen) atoms. The summed E-state index contributed by atoms with van der Waals surface area (Å²) in [5.41, 5.74) is 8.85. The Bertz CT molecular complexity index is 1130. The number of Topliss-reactive ketones (excluding diaryl/α,β-unsaturated/α-hetero) is 1. The van der Waals surface area contributed by atoms with Crippen molar-refractivity contribution in [3.63, 3.8) is 0 Å². The van der Waals surface area contributed by atoms with Crippen LogP contribution in [0.1, 0.15) is 32.7 Å². The summed E-state index contributed by atoms with van der Waals surface area (Å²) in [6, 6.07) is 19.2. The summed E-state index contributed by atoms with van der Waals surface area (Å²) in [5.74, 6) is -2.45. The molecule has 1 atom stereocenters. The van der Waals surface area contributed by atoms with E-state index in [1.807, 2.05) is 81.7 Å². The van der Waals surface area contributed by atoms with E-state index in [0.29, 0.717) is 11.3 Å². The van der Waals surface area contributed by atoms with Crippen molar-refractivity contribution in [2.75, 3.05) is 14.1 Å². The van der Waals surface area contributed by atoms with E-state index in [-0.39, 0.29) is 6.42 Å². The van der Waals surface area contributed by atoms with E-state index >= 15 is 0 Å². The minimum Gasteiger partial charge on any atom is -0.363 e. The van der Waals surface area contributed by atoms with Gasteiger partial charge in [-0.15, -0.1) is 0 Å². The molecule has 0 saturated heterocycles. The van der Waals surface area contributed by atoms with Gasteiger partial charge in [-0.3, -0.25) is 19.4 Å². The van der Waals surface area contributed by atoms with E-state index in [4.69, 9.17) is 5.73 Å². The van der Waals surface area contributed by atoms with Crippen LogP contribution in [0.15, 0.2) is 72.9 Å². The van der Waals surface area contributed by atoms with E-state index in [1.54, 1.807) is 24.4 Å². The Morgan fingerprint density at radius 2 is 1.59 bits per heavy atom. The first-order valence-electron chi connectivity index (χ1n) is 10.8. The molecule has 0 aliphatic heterocycles. The third-order valence-electron chi connectivity index (χ3n) is 4.74. The number of nitrogens with one attached hydrogen (secondary N) is 2. The van der Waals surface area contributed by atoms with E-state index < -0.39 is 23.6 Å². The van der Waals surface area contributed by atoms with Gasteiger partial charge < -0.3 is 16.4 Å². The Hall–Kier alpha value is -4.10. The van der Waals surface area contributed by atoms with E-state index in [0.717, 1.165) is 16.7 Å². The molecule has 7 heteroatoms. The standard InChI is InChI=1S/C25H23N3O3.C2H7N/c1-17-9-11-18(12-10-17)13-14-21-20(8-5-15-27-21)25(31)28-22(23(29)24(26)30)16-19-6-3-2-4-7-19;1-3-2/h2-15,22H,16H2,1H3,(H2,26,30)(H,28,31);3H,1-2H3. The van der Waals surface area contributed by atoms with E-state index in [1.165, 1.54) is 0 Å². The predicted octanol–water partition coefficient (Wildman–Crippen LogP) is 2.79. The molecule has 0 radical (unpaired) electrons. The van der Waals surface area contributed by atoms with Crippen molar-refractivity contribution in [3.05, 3.63) is 101 Å². The number of primary amides is 1. The Balaban J connectivity index is 0.00000129. The molecule has 2 amide bonds. The number of ketones is 1. The molecule has 0 fully saturated rings. The minimum absolute atomic E-state index is 0.156. The van der Waals surface area contributed by atoms with Crippen molar-refractivity contribution in [3.8, 4) is 0 Å². The maximum absolute atomic E-state index is 13.0. The quantitative estimate of drug-likeness (QED) is 0.449. The molecule has 0 aliphatic rings. The average Bonchev–Trinajstić information content (AvgIpc) is 2.84. The van der Waals surface area contributed by atoms with Gasteiger partial charge in [0.15, 0.2) is 0 Å². The van der Waals surface area contributed by atoms with E-state index in [9.17, 15) is 14.4 Å². The van der Waals surface area contributed by atoms with Gasteiger partial charge in [-0.05, 0) is 50.4 Å². The number of amides is 2. The van der Waals surface area contributed by atoms with Gasteiger partial charge in [0.2, 0.25) is 5.78 Å². The first kappa shape index (κ1) is 26.2. The van der Waals surface area contributed by atoms with Crippen LogP contribution in [-0.2, 0) is 16.0 Å². The lowest BCUT2D eigenvalue weighted by atomic mass is 10.0. The molecule has 2 aromatic carbocycles. The third kappa shape index (κ3) is 8.11. The zero-order valence-corrected chi connectivity index (χ0v) is 19.6. The third-order valence-corrected chi connectivity index (χ3v) is 4.74. The highest BCUT2D eigenvalue weighted by molar-refractivity contribution is 6.38. The molecular weight excluding hydrogens is 428 g/mol. The number of pyridine rings is 1. The zero-order chi connectivity index (χ0) is 24.9. The van der Waals surface area contributed by atoms with Gasteiger partial charge in [0.05, 0.1) is 11.3 Å². The topological polar surface area (TPSA) is 114 Å². The highest BCUT2D eigenvalue weighted by Gasteiger charge is 2.26.